The summed E-state index contributed by atoms with van der Waals surface area (Å²) < 4.78 is 0. The third-order valence-electron chi connectivity index (χ3n) is 6.08. The molecule has 0 aliphatic carbocycles. The molecule has 0 unspecified atom stereocenters. The first-order valence-electron chi connectivity index (χ1n) is 10.3. The fourth-order valence-corrected chi connectivity index (χ4v) is 3.96. The van der Waals surface area contributed by atoms with Crippen LogP contribution in [0.4, 0.5) is 0 Å². The van der Waals surface area contributed by atoms with Gasteiger partial charge in [0.2, 0.25) is 0 Å². The minimum Gasteiger partial charge on any atom is -0.0622 e. The lowest BCUT2D eigenvalue weighted by Crippen LogP contribution is -2.05. The molecule has 0 atom stereocenters. The summed E-state index contributed by atoms with van der Waals surface area (Å²) in [4.78, 5) is 0. The van der Waals surface area contributed by atoms with Gasteiger partial charge in [0, 0.05) is 5.92 Å². The highest BCUT2D eigenvalue weighted by atomic mass is 14.2. The number of hydrogen-bond donors (Lipinski definition) is 0. The maximum absolute atomic E-state index is 2.35. The molecule has 0 aromatic heterocycles. The highest BCUT2D eigenvalue weighted by Gasteiger charge is 2.18. The Kier molecular flexibility index (Phi) is 5.36. The molecule has 0 heterocycles. The van der Waals surface area contributed by atoms with Gasteiger partial charge in [0.05, 0.1) is 0 Å². The minimum absolute atomic E-state index is 0.235. The summed E-state index contributed by atoms with van der Waals surface area (Å²) in [6, 6.07) is 33.4. The van der Waals surface area contributed by atoms with E-state index < -0.39 is 0 Å². The Labute approximate surface area is 174 Å². The molecule has 4 aromatic rings. The van der Waals surface area contributed by atoms with Gasteiger partial charge in [0.25, 0.3) is 0 Å². The van der Waals surface area contributed by atoms with Crippen LogP contribution in [0, 0.1) is 27.7 Å². The van der Waals surface area contributed by atoms with Gasteiger partial charge in [-0.25, -0.2) is 0 Å². The van der Waals surface area contributed by atoms with Gasteiger partial charge in [-0.3, -0.25) is 0 Å². The lowest BCUT2D eigenvalue weighted by molar-refractivity contribution is 0.967. The van der Waals surface area contributed by atoms with Crippen LogP contribution in [0.1, 0.15) is 44.9 Å². The Morgan fingerprint density at radius 1 is 0.414 bits per heavy atom. The monoisotopic (exact) mass is 376 g/mol. The fourth-order valence-electron chi connectivity index (χ4n) is 3.96. The molecular weight excluding hydrogens is 348 g/mol. The van der Waals surface area contributed by atoms with Crippen LogP contribution in [0.5, 0.6) is 0 Å². The number of hydrogen-bond acceptors (Lipinski definition) is 0. The lowest BCUT2D eigenvalue weighted by Gasteiger charge is -2.21. The van der Waals surface area contributed by atoms with Crippen LogP contribution in [-0.2, 0) is 0 Å². The average Bonchev–Trinajstić information content (AvgIpc) is 2.74. The van der Waals surface area contributed by atoms with E-state index in [4.69, 9.17) is 0 Å². The van der Waals surface area contributed by atoms with Crippen molar-refractivity contribution in [2.45, 2.75) is 33.6 Å². The first-order chi connectivity index (χ1) is 14.0. The SMILES string of the molecule is Cc1ccc(C(c2ccc(-c3ccccc3)cc2)c2ccc(C)c(C)c2)cc1C. The maximum atomic E-state index is 2.35. The van der Waals surface area contributed by atoms with Crippen LogP contribution in [0.15, 0.2) is 91.0 Å². The highest BCUT2D eigenvalue weighted by molar-refractivity contribution is 5.64. The summed E-state index contributed by atoms with van der Waals surface area (Å²) in [5.74, 6) is 0.235. The topological polar surface area (TPSA) is 0 Å². The van der Waals surface area contributed by atoms with E-state index in [-0.39, 0.29) is 5.92 Å². The summed E-state index contributed by atoms with van der Waals surface area (Å²) in [6.07, 6.45) is 0. The third kappa shape index (κ3) is 4.03. The summed E-state index contributed by atoms with van der Waals surface area (Å²) >= 11 is 0. The predicted octanol–water partition coefficient (Wildman–Crippen LogP) is 7.77. The molecule has 0 saturated heterocycles. The van der Waals surface area contributed by atoms with E-state index >= 15 is 0 Å². The molecule has 0 aliphatic heterocycles. The highest BCUT2D eigenvalue weighted by Crippen LogP contribution is 2.35. The molecule has 0 bridgehead atoms. The smallest absolute Gasteiger partial charge is 0.0340 e. The van der Waals surface area contributed by atoms with E-state index in [9.17, 15) is 0 Å². The molecule has 0 fully saturated rings. The van der Waals surface area contributed by atoms with Crippen molar-refractivity contribution in [3.8, 4) is 11.1 Å². The van der Waals surface area contributed by atoms with Gasteiger partial charge in [-0.1, -0.05) is 91.0 Å². The molecule has 144 valence electrons. The van der Waals surface area contributed by atoms with Gasteiger partial charge in [-0.05, 0) is 77.8 Å². The van der Waals surface area contributed by atoms with E-state index in [1.54, 1.807) is 0 Å². The normalized spacial score (nSPS) is 11.1. The van der Waals surface area contributed by atoms with E-state index in [0.717, 1.165) is 0 Å². The first kappa shape index (κ1) is 19.2. The van der Waals surface area contributed by atoms with Crippen molar-refractivity contribution >= 4 is 0 Å². The van der Waals surface area contributed by atoms with Crippen molar-refractivity contribution < 1.29 is 0 Å². The second-order valence-corrected chi connectivity index (χ2v) is 8.11. The predicted molar refractivity (Wildman–Crippen MR) is 125 cm³/mol. The molecule has 4 aromatic carbocycles. The molecule has 0 N–H and O–H groups in total. The van der Waals surface area contributed by atoms with Crippen LogP contribution in [-0.4, -0.2) is 0 Å². The number of aryl methyl sites for hydroxylation is 4. The molecule has 0 radical (unpaired) electrons. The Balaban J connectivity index is 1.81. The molecule has 29 heavy (non-hydrogen) atoms. The minimum atomic E-state index is 0.235. The van der Waals surface area contributed by atoms with E-state index in [1.807, 2.05) is 0 Å². The second kappa shape index (κ2) is 8.09. The number of benzene rings is 4. The Morgan fingerprint density at radius 3 is 1.34 bits per heavy atom. The maximum Gasteiger partial charge on any atom is 0.0340 e. The molecule has 0 saturated carbocycles. The van der Waals surface area contributed by atoms with E-state index in [1.165, 1.54) is 50.1 Å². The van der Waals surface area contributed by atoms with E-state index in [0.29, 0.717) is 0 Å². The zero-order valence-electron chi connectivity index (χ0n) is 17.7. The molecule has 0 amide bonds. The standard InChI is InChI=1S/C29H28/c1-20-10-12-27(18-22(20)3)29(28-13-11-21(2)23(4)19-28)26-16-14-25(15-17-26)24-8-6-5-7-9-24/h5-19,29H,1-4H3. The molecule has 0 heteroatoms. The summed E-state index contributed by atoms with van der Waals surface area (Å²) in [5.41, 5.74) is 11.9. The molecule has 0 nitrogen and oxygen atoms in total. The van der Waals surface area contributed by atoms with Gasteiger partial charge in [0.15, 0.2) is 0 Å². The van der Waals surface area contributed by atoms with Crippen molar-refractivity contribution in [3.05, 3.63) is 130 Å². The van der Waals surface area contributed by atoms with Crippen LogP contribution < -0.4 is 0 Å². The second-order valence-electron chi connectivity index (χ2n) is 8.11. The Bertz CT molecular complexity index is 1070. The van der Waals surface area contributed by atoms with E-state index in [2.05, 4.69) is 119 Å². The zero-order valence-corrected chi connectivity index (χ0v) is 17.7. The van der Waals surface area contributed by atoms with Crippen molar-refractivity contribution in [2.75, 3.05) is 0 Å². The van der Waals surface area contributed by atoms with Gasteiger partial charge in [0.1, 0.15) is 0 Å². The van der Waals surface area contributed by atoms with Crippen molar-refractivity contribution in [2.24, 2.45) is 0 Å². The van der Waals surface area contributed by atoms with Gasteiger partial charge in [-0.2, -0.15) is 0 Å². The van der Waals surface area contributed by atoms with Crippen molar-refractivity contribution in [1.82, 2.24) is 0 Å². The molecule has 4 rings (SSSR count). The van der Waals surface area contributed by atoms with Crippen molar-refractivity contribution in [1.29, 1.82) is 0 Å². The lowest BCUT2D eigenvalue weighted by atomic mass is 9.82. The third-order valence-corrected chi connectivity index (χ3v) is 6.08. The number of rotatable bonds is 4. The summed E-state index contributed by atoms with van der Waals surface area (Å²) in [6.45, 7) is 8.77. The summed E-state index contributed by atoms with van der Waals surface area (Å²) in [7, 11) is 0. The Morgan fingerprint density at radius 2 is 0.862 bits per heavy atom. The van der Waals surface area contributed by atoms with Gasteiger partial charge in [-0.15, -0.1) is 0 Å². The van der Waals surface area contributed by atoms with Crippen LogP contribution in [0.25, 0.3) is 11.1 Å². The first-order valence-corrected chi connectivity index (χ1v) is 10.3. The van der Waals surface area contributed by atoms with Gasteiger partial charge < -0.3 is 0 Å². The average molecular weight is 377 g/mol. The molecule has 0 aliphatic rings. The fraction of sp³-hybridized carbons (Fsp3) is 0.172. The Hall–Kier alpha value is -3.12. The van der Waals surface area contributed by atoms with Gasteiger partial charge >= 0.3 is 0 Å². The van der Waals surface area contributed by atoms with Crippen LogP contribution in [0.2, 0.25) is 0 Å². The largest absolute Gasteiger partial charge is 0.0622 e. The molecular formula is C29H28. The van der Waals surface area contributed by atoms with Crippen molar-refractivity contribution in [3.63, 3.8) is 0 Å². The van der Waals surface area contributed by atoms with Crippen LogP contribution in [0.3, 0.4) is 0 Å². The molecule has 0 spiro atoms. The quantitative estimate of drug-likeness (QED) is 0.319. The summed E-state index contributed by atoms with van der Waals surface area (Å²) in [5, 5.41) is 0. The zero-order chi connectivity index (χ0) is 20.4. The van der Waals surface area contributed by atoms with Crippen LogP contribution >= 0.6 is 0 Å².